The summed E-state index contributed by atoms with van der Waals surface area (Å²) in [5.74, 6) is -1.19. The monoisotopic (exact) mass is 484 g/mol. The van der Waals surface area contributed by atoms with Crippen molar-refractivity contribution in [1.82, 2.24) is 25.4 Å². The molecule has 0 saturated carbocycles. The molecule has 13 heteroatoms. The zero-order valence-electron chi connectivity index (χ0n) is 16.2. The highest BCUT2D eigenvalue weighted by Gasteiger charge is 2.22. The summed E-state index contributed by atoms with van der Waals surface area (Å²) >= 11 is 3.08. The van der Waals surface area contributed by atoms with Gasteiger partial charge in [0, 0.05) is 13.1 Å². The van der Waals surface area contributed by atoms with E-state index in [4.69, 9.17) is 13.9 Å². The number of nitrogens with one attached hydrogen (secondary N) is 2. The Bertz CT molecular complexity index is 1100. The summed E-state index contributed by atoms with van der Waals surface area (Å²) in [7, 11) is 0. The van der Waals surface area contributed by atoms with E-state index in [9.17, 15) is 14.0 Å². The molecule has 0 radical (unpaired) electrons. The lowest BCUT2D eigenvalue weighted by Gasteiger charge is -2.19. The maximum absolute atomic E-state index is 13.5. The van der Waals surface area contributed by atoms with E-state index in [0.29, 0.717) is 5.69 Å². The minimum atomic E-state index is -0.883. The summed E-state index contributed by atoms with van der Waals surface area (Å²) in [6.45, 7) is 5.75. The summed E-state index contributed by atoms with van der Waals surface area (Å²) in [5.41, 5.74) is -0.181. The van der Waals surface area contributed by atoms with Crippen LogP contribution < -0.4 is 16.4 Å². The third kappa shape index (κ3) is 5.23. The summed E-state index contributed by atoms with van der Waals surface area (Å²) in [4.78, 5) is 27.2. The van der Waals surface area contributed by atoms with Crippen molar-refractivity contribution in [2.24, 2.45) is 0 Å². The van der Waals surface area contributed by atoms with E-state index in [0.717, 1.165) is 4.74 Å². The van der Waals surface area contributed by atoms with Gasteiger partial charge in [0.25, 0.3) is 0 Å². The van der Waals surface area contributed by atoms with Crippen LogP contribution in [0.3, 0.4) is 0 Å². The van der Waals surface area contributed by atoms with Gasteiger partial charge in [0.15, 0.2) is 5.69 Å². The van der Waals surface area contributed by atoms with Crippen molar-refractivity contribution in [3.8, 4) is 17.2 Å². The highest BCUT2D eigenvalue weighted by molar-refractivity contribution is 9.10. The topological polar surface area (TPSA) is 137 Å². The lowest BCUT2D eigenvalue weighted by atomic mass is 10.2. The predicted octanol–water partition coefficient (Wildman–Crippen LogP) is 2.71. The van der Waals surface area contributed by atoms with Crippen molar-refractivity contribution in [2.45, 2.75) is 26.4 Å². The number of benzene rings is 1. The first-order valence-corrected chi connectivity index (χ1v) is 9.53. The van der Waals surface area contributed by atoms with Crippen LogP contribution in [0.25, 0.3) is 17.2 Å². The number of alkyl carbamates (subject to hydrolysis) is 1. The van der Waals surface area contributed by atoms with Gasteiger partial charge in [-0.2, -0.15) is 4.74 Å². The van der Waals surface area contributed by atoms with Crippen LogP contribution in [-0.2, 0) is 4.74 Å². The van der Waals surface area contributed by atoms with Gasteiger partial charge in [-0.3, -0.25) is 0 Å². The van der Waals surface area contributed by atoms with Crippen molar-refractivity contribution < 1.29 is 23.1 Å². The third-order valence-corrected chi connectivity index (χ3v) is 4.09. The standard InChI is InChI=1S/C17H18BrFN6O5/c1-17(2,3)28-15(26)21-7-6-20-13-12(23-30-24-13)14-22-16(27)29-25(14)9-4-5-11(19)10(18)8-9/h4-5,8H,6-7H2,1-3H3,(H,20,24)(H,21,26). The van der Waals surface area contributed by atoms with Crippen LogP contribution in [0.2, 0.25) is 0 Å². The van der Waals surface area contributed by atoms with Crippen LogP contribution in [0, 0.1) is 5.82 Å². The molecule has 11 nitrogen and oxygen atoms in total. The molecule has 0 aliphatic carbocycles. The average Bonchev–Trinajstić information content (AvgIpc) is 3.25. The summed E-state index contributed by atoms with van der Waals surface area (Å²) in [6, 6.07) is 4.01. The first-order chi connectivity index (χ1) is 14.1. The van der Waals surface area contributed by atoms with E-state index in [1.165, 1.54) is 18.2 Å². The maximum Gasteiger partial charge on any atom is 0.460 e. The van der Waals surface area contributed by atoms with Crippen molar-refractivity contribution >= 4 is 27.8 Å². The van der Waals surface area contributed by atoms with Crippen molar-refractivity contribution in [2.75, 3.05) is 18.4 Å². The quantitative estimate of drug-likeness (QED) is 0.505. The lowest BCUT2D eigenvalue weighted by molar-refractivity contribution is 0.0530. The molecule has 2 N–H and O–H groups in total. The van der Waals surface area contributed by atoms with E-state index in [2.05, 4.69) is 41.9 Å². The van der Waals surface area contributed by atoms with Crippen LogP contribution in [-0.4, -0.2) is 44.8 Å². The fraction of sp³-hybridized carbons (Fsp3) is 0.353. The molecule has 0 aliphatic heterocycles. The van der Waals surface area contributed by atoms with Gasteiger partial charge in [-0.15, -0.1) is 4.98 Å². The number of hydrogen-bond donors (Lipinski definition) is 2. The molecule has 2 heterocycles. The Balaban J connectivity index is 1.73. The minimum absolute atomic E-state index is 0.00218. The van der Waals surface area contributed by atoms with Gasteiger partial charge in [0.2, 0.25) is 11.6 Å². The van der Waals surface area contributed by atoms with Gasteiger partial charge in [0.05, 0.1) is 10.2 Å². The number of rotatable bonds is 6. The molecule has 1 amide bonds. The second-order valence-corrected chi connectivity index (χ2v) is 7.86. The minimum Gasteiger partial charge on any atom is -0.444 e. The number of amides is 1. The molecule has 0 fully saturated rings. The Morgan fingerprint density at radius 2 is 2.07 bits per heavy atom. The Labute approximate surface area is 177 Å². The molecule has 160 valence electrons. The highest BCUT2D eigenvalue weighted by atomic mass is 79.9. The van der Waals surface area contributed by atoms with Crippen molar-refractivity contribution in [1.29, 1.82) is 0 Å². The largest absolute Gasteiger partial charge is 0.460 e. The van der Waals surface area contributed by atoms with Gasteiger partial charge >= 0.3 is 11.8 Å². The molecule has 0 atom stereocenters. The summed E-state index contributed by atoms with van der Waals surface area (Å²) < 4.78 is 29.7. The lowest BCUT2D eigenvalue weighted by Crippen LogP contribution is -2.35. The Morgan fingerprint density at radius 1 is 1.30 bits per heavy atom. The Hall–Kier alpha value is -3.22. The smallest absolute Gasteiger partial charge is 0.444 e. The number of ether oxygens (including phenoxy) is 1. The predicted molar refractivity (Wildman–Crippen MR) is 106 cm³/mol. The molecular formula is C17H18BrFN6O5. The molecule has 3 rings (SSSR count). The number of anilines is 1. The molecule has 1 aromatic carbocycles. The average molecular weight is 485 g/mol. The van der Waals surface area contributed by atoms with Crippen LogP contribution in [0.15, 0.2) is 36.6 Å². The van der Waals surface area contributed by atoms with E-state index >= 15 is 0 Å². The van der Waals surface area contributed by atoms with E-state index < -0.39 is 23.3 Å². The zero-order valence-corrected chi connectivity index (χ0v) is 17.8. The first kappa shape index (κ1) is 21.5. The van der Waals surface area contributed by atoms with Gasteiger partial charge in [-0.05, 0) is 65.2 Å². The fourth-order valence-corrected chi connectivity index (χ4v) is 2.69. The number of aromatic nitrogens is 4. The molecule has 30 heavy (non-hydrogen) atoms. The molecule has 0 saturated heterocycles. The number of nitrogens with zero attached hydrogens (tertiary/aromatic N) is 4. The Morgan fingerprint density at radius 3 is 2.77 bits per heavy atom. The number of carbonyl (C=O) groups is 1. The number of carbonyl (C=O) groups excluding carboxylic acids is 1. The normalized spacial score (nSPS) is 11.4. The highest BCUT2D eigenvalue weighted by Crippen LogP contribution is 2.26. The van der Waals surface area contributed by atoms with Crippen LogP contribution >= 0.6 is 15.9 Å². The second-order valence-electron chi connectivity index (χ2n) is 7.00. The molecule has 0 spiro atoms. The van der Waals surface area contributed by atoms with Gasteiger partial charge in [-0.1, -0.05) is 0 Å². The van der Waals surface area contributed by atoms with Crippen LogP contribution in [0.4, 0.5) is 15.0 Å². The zero-order chi connectivity index (χ0) is 21.9. The second kappa shape index (κ2) is 8.65. The Kier molecular flexibility index (Phi) is 6.20. The molecule has 0 unspecified atom stereocenters. The van der Waals surface area contributed by atoms with E-state index in [-0.39, 0.29) is 34.9 Å². The molecule has 0 aliphatic rings. The maximum atomic E-state index is 13.5. The van der Waals surface area contributed by atoms with Gasteiger partial charge in [0.1, 0.15) is 11.4 Å². The summed E-state index contributed by atoms with van der Waals surface area (Å²) in [6.07, 6.45) is -0.560. The van der Waals surface area contributed by atoms with Crippen molar-refractivity contribution in [3.05, 3.63) is 39.0 Å². The first-order valence-electron chi connectivity index (χ1n) is 8.73. The van der Waals surface area contributed by atoms with Gasteiger partial charge in [-0.25, -0.2) is 18.6 Å². The van der Waals surface area contributed by atoms with Crippen LogP contribution in [0.5, 0.6) is 0 Å². The summed E-state index contributed by atoms with van der Waals surface area (Å²) in [5, 5.41) is 13.0. The molecule has 3 aromatic rings. The SMILES string of the molecule is CC(C)(C)OC(=O)NCCNc1nonc1-c1nc(=O)on1-c1ccc(F)c(Br)c1. The number of hydrogen-bond acceptors (Lipinski definition) is 9. The van der Waals surface area contributed by atoms with Crippen molar-refractivity contribution in [3.63, 3.8) is 0 Å². The van der Waals surface area contributed by atoms with E-state index in [1.54, 1.807) is 20.8 Å². The van der Waals surface area contributed by atoms with Gasteiger partial charge < -0.3 is 19.9 Å². The van der Waals surface area contributed by atoms with Crippen LogP contribution in [0.1, 0.15) is 20.8 Å². The van der Waals surface area contributed by atoms with E-state index in [1.807, 2.05) is 0 Å². The third-order valence-electron chi connectivity index (χ3n) is 3.48. The fourth-order valence-electron chi connectivity index (χ4n) is 2.32. The molecular weight excluding hydrogens is 467 g/mol. The molecule has 0 bridgehead atoms. The number of halogens is 2. The molecule has 2 aromatic heterocycles.